The lowest BCUT2D eigenvalue weighted by Gasteiger charge is -2.30. The van der Waals surface area contributed by atoms with E-state index in [4.69, 9.17) is 0 Å². The second kappa shape index (κ2) is 5.93. The molecule has 1 saturated heterocycles. The Morgan fingerprint density at radius 3 is 2.86 bits per heavy atom. The maximum Gasteiger partial charge on any atom is 0.255 e. The summed E-state index contributed by atoms with van der Waals surface area (Å²) in [6.45, 7) is 5.05. The van der Waals surface area contributed by atoms with Crippen LogP contribution in [0.4, 0.5) is 0 Å². The van der Waals surface area contributed by atoms with E-state index in [0.717, 1.165) is 30.0 Å². The topological polar surface area (TPSA) is 58.4 Å². The third-order valence-electron chi connectivity index (χ3n) is 4.22. The monoisotopic (exact) mass is 299 g/mol. The molecule has 0 saturated carbocycles. The summed E-state index contributed by atoms with van der Waals surface area (Å²) in [7, 11) is 0. The van der Waals surface area contributed by atoms with Crippen LogP contribution >= 0.6 is 0 Å². The summed E-state index contributed by atoms with van der Waals surface area (Å²) in [4.78, 5) is 18.9. The van der Waals surface area contributed by atoms with Gasteiger partial charge in [0.25, 0.3) is 5.91 Å². The van der Waals surface area contributed by atoms with Crippen LogP contribution < -0.4 is 0 Å². The van der Waals surface area contributed by atoms with Crippen LogP contribution in [0, 0.1) is 13.8 Å². The summed E-state index contributed by atoms with van der Waals surface area (Å²) in [6, 6.07) is 7.65. The summed E-state index contributed by atoms with van der Waals surface area (Å²) < 4.78 is 1.99. The zero-order valence-electron chi connectivity index (χ0n) is 13.0. The summed E-state index contributed by atoms with van der Waals surface area (Å²) in [6.07, 6.45) is 2.97. The van der Waals surface area contributed by atoms with Crippen LogP contribution in [0.3, 0.4) is 0 Å². The SMILES string of the molecule is Cc1cc(C(=O)N2CCCC(O)C2)c(C)n1-c1ccccn1. The second-order valence-corrected chi connectivity index (χ2v) is 5.86. The molecule has 0 bridgehead atoms. The smallest absolute Gasteiger partial charge is 0.255 e. The van der Waals surface area contributed by atoms with Crippen LogP contribution in [-0.2, 0) is 0 Å². The number of β-amino-alcohol motifs (C(OH)–C–C–N with tert-alkyl or cyclic N) is 1. The lowest BCUT2D eigenvalue weighted by molar-refractivity contribution is 0.0473. The van der Waals surface area contributed by atoms with E-state index in [2.05, 4.69) is 4.98 Å². The van der Waals surface area contributed by atoms with Gasteiger partial charge in [-0.15, -0.1) is 0 Å². The van der Waals surface area contributed by atoms with Gasteiger partial charge in [-0.25, -0.2) is 4.98 Å². The number of aliphatic hydroxyl groups is 1. The van der Waals surface area contributed by atoms with E-state index in [9.17, 15) is 9.90 Å². The number of pyridine rings is 1. The number of carbonyl (C=O) groups is 1. The molecule has 5 nitrogen and oxygen atoms in total. The predicted molar refractivity (Wildman–Crippen MR) is 84.2 cm³/mol. The van der Waals surface area contributed by atoms with Gasteiger partial charge >= 0.3 is 0 Å². The third kappa shape index (κ3) is 2.64. The van der Waals surface area contributed by atoms with Crippen molar-refractivity contribution in [3.8, 4) is 5.82 Å². The fourth-order valence-electron chi connectivity index (χ4n) is 3.13. The minimum atomic E-state index is -0.406. The van der Waals surface area contributed by atoms with Gasteiger partial charge in [-0.05, 0) is 44.9 Å². The number of amides is 1. The van der Waals surface area contributed by atoms with Crippen molar-refractivity contribution in [2.75, 3.05) is 13.1 Å². The number of aromatic nitrogens is 2. The van der Waals surface area contributed by atoms with Crippen molar-refractivity contribution in [1.82, 2.24) is 14.5 Å². The third-order valence-corrected chi connectivity index (χ3v) is 4.22. The Hall–Kier alpha value is -2.14. The van der Waals surface area contributed by atoms with Crippen molar-refractivity contribution in [3.05, 3.63) is 47.4 Å². The summed E-state index contributed by atoms with van der Waals surface area (Å²) in [5, 5.41) is 9.77. The average Bonchev–Trinajstić information content (AvgIpc) is 2.82. The number of aryl methyl sites for hydroxylation is 1. The summed E-state index contributed by atoms with van der Waals surface area (Å²) >= 11 is 0. The first-order chi connectivity index (χ1) is 10.6. The molecule has 1 aliphatic heterocycles. The summed E-state index contributed by atoms with van der Waals surface area (Å²) in [5.41, 5.74) is 2.57. The van der Waals surface area contributed by atoms with Crippen LogP contribution in [0.25, 0.3) is 5.82 Å². The van der Waals surface area contributed by atoms with Crippen LogP contribution in [0.5, 0.6) is 0 Å². The number of hydrogen-bond acceptors (Lipinski definition) is 3. The van der Waals surface area contributed by atoms with Gasteiger partial charge < -0.3 is 14.6 Å². The minimum Gasteiger partial charge on any atom is -0.391 e. The molecule has 1 N–H and O–H groups in total. The van der Waals surface area contributed by atoms with Gasteiger partial charge in [0, 0.05) is 30.7 Å². The van der Waals surface area contributed by atoms with Crippen LogP contribution in [-0.4, -0.2) is 44.7 Å². The molecule has 3 rings (SSSR count). The van der Waals surface area contributed by atoms with Crippen molar-refractivity contribution in [2.45, 2.75) is 32.8 Å². The van der Waals surface area contributed by atoms with Crippen molar-refractivity contribution in [2.24, 2.45) is 0 Å². The van der Waals surface area contributed by atoms with Crippen LogP contribution in [0.15, 0.2) is 30.5 Å². The molecule has 1 fully saturated rings. The Morgan fingerprint density at radius 2 is 2.18 bits per heavy atom. The molecule has 22 heavy (non-hydrogen) atoms. The molecule has 0 radical (unpaired) electrons. The highest BCUT2D eigenvalue weighted by Gasteiger charge is 2.26. The minimum absolute atomic E-state index is 0.00553. The van der Waals surface area contributed by atoms with E-state index in [1.54, 1.807) is 11.1 Å². The highest BCUT2D eigenvalue weighted by molar-refractivity contribution is 5.96. The van der Waals surface area contributed by atoms with Gasteiger partial charge in [0.2, 0.25) is 0 Å². The quantitative estimate of drug-likeness (QED) is 0.923. The lowest BCUT2D eigenvalue weighted by Crippen LogP contribution is -2.42. The Kier molecular flexibility index (Phi) is 3.98. The first-order valence-corrected chi connectivity index (χ1v) is 7.65. The molecule has 1 atom stereocenters. The first kappa shape index (κ1) is 14.8. The van der Waals surface area contributed by atoms with Crippen LogP contribution in [0.1, 0.15) is 34.6 Å². The fourth-order valence-corrected chi connectivity index (χ4v) is 3.13. The Labute approximate surface area is 130 Å². The average molecular weight is 299 g/mol. The van der Waals surface area contributed by atoms with Gasteiger partial charge in [0.05, 0.1) is 11.7 Å². The highest BCUT2D eigenvalue weighted by atomic mass is 16.3. The molecule has 2 aromatic rings. The van der Waals surface area contributed by atoms with E-state index >= 15 is 0 Å². The molecule has 116 valence electrons. The maximum absolute atomic E-state index is 12.7. The molecular weight excluding hydrogens is 278 g/mol. The molecule has 3 heterocycles. The molecule has 1 unspecified atom stereocenters. The zero-order chi connectivity index (χ0) is 15.7. The molecular formula is C17H21N3O2. The molecule has 0 spiro atoms. The van der Waals surface area contributed by atoms with E-state index in [0.29, 0.717) is 18.7 Å². The second-order valence-electron chi connectivity index (χ2n) is 5.86. The summed E-state index contributed by atoms with van der Waals surface area (Å²) in [5.74, 6) is 0.810. The molecule has 1 amide bonds. The number of carbonyl (C=O) groups excluding carboxylic acids is 1. The molecule has 5 heteroatoms. The normalized spacial score (nSPS) is 18.5. The Balaban J connectivity index is 1.94. The number of hydrogen-bond donors (Lipinski definition) is 1. The largest absolute Gasteiger partial charge is 0.391 e. The van der Waals surface area contributed by atoms with Crippen molar-refractivity contribution in [3.63, 3.8) is 0 Å². The van der Waals surface area contributed by atoms with Gasteiger partial charge in [-0.2, -0.15) is 0 Å². The van der Waals surface area contributed by atoms with Gasteiger partial charge in [0.15, 0.2) is 0 Å². The van der Waals surface area contributed by atoms with E-state index in [1.807, 2.05) is 42.7 Å². The molecule has 0 aromatic carbocycles. The maximum atomic E-state index is 12.7. The van der Waals surface area contributed by atoms with Crippen molar-refractivity contribution >= 4 is 5.91 Å². The van der Waals surface area contributed by atoms with E-state index < -0.39 is 6.10 Å². The van der Waals surface area contributed by atoms with Crippen molar-refractivity contribution in [1.29, 1.82) is 0 Å². The number of likely N-dealkylation sites (tertiary alicyclic amines) is 1. The van der Waals surface area contributed by atoms with E-state index in [1.165, 1.54) is 0 Å². The lowest BCUT2D eigenvalue weighted by atomic mass is 10.1. The molecule has 2 aromatic heterocycles. The predicted octanol–water partition coefficient (Wildman–Crippen LogP) is 2.09. The van der Waals surface area contributed by atoms with Gasteiger partial charge in [-0.3, -0.25) is 4.79 Å². The molecule has 1 aliphatic rings. The number of piperidine rings is 1. The number of nitrogens with zero attached hydrogens (tertiary/aromatic N) is 3. The Bertz CT molecular complexity index is 679. The fraction of sp³-hybridized carbons (Fsp3) is 0.412. The number of aliphatic hydroxyl groups excluding tert-OH is 1. The molecule has 0 aliphatic carbocycles. The zero-order valence-corrected chi connectivity index (χ0v) is 13.0. The van der Waals surface area contributed by atoms with Crippen LogP contribution in [0.2, 0.25) is 0 Å². The van der Waals surface area contributed by atoms with Crippen molar-refractivity contribution < 1.29 is 9.90 Å². The van der Waals surface area contributed by atoms with Gasteiger partial charge in [0.1, 0.15) is 5.82 Å². The number of rotatable bonds is 2. The highest BCUT2D eigenvalue weighted by Crippen LogP contribution is 2.22. The van der Waals surface area contributed by atoms with Gasteiger partial charge in [-0.1, -0.05) is 6.07 Å². The standard InChI is InChI=1S/C17H21N3O2/c1-12-10-15(17(22)19-9-5-6-14(21)11-19)13(2)20(12)16-7-3-4-8-18-16/h3-4,7-8,10,14,21H,5-6,9,11H2,1-2H3. The first-order valence-electron chi connectivity index (χ1n) is 7.65. The Morgan fingerprint density at radius 1 is 1.36 bits per heavy atom. The van der Waals surface area contributed by atoms with E-state index in [-0.39, 0.29) is 5.91 Å².